The molecule has 1 saturated heterocycles. The van der Waals surface area contributed by atoms with Crippen molar-refractivity contribution < 1.29 is 14.7 Å². The van der Waals surface area contributed by atoms with Gasteiger partial charge in [0.05, 0.1) is 0 Å². The number of aliphatic carboxylic acids is 1. The molecule has 1 aliphatic carbocycles. The first kappa shape index (κ1) is 17.3. The van der Waals surface area contributed by atoms with E-state index >= 15 is 0 Å². The molecule has 1 N–H and O–H groups in total. The van der Waals surface area contributed by atoms with Crippen LogP contribution < -0.4 is 0 Å². The number of carboxylic acids is 1. The zero-order valence-corrected chi connectivity index (χ0v) is 13.9. The lowest BCUT2D eigenvalue weighted by Crippen LogP contribution is -2.46. The lowest BCUT2D eigenvalue weighted by atomic mass is 9.88. The van der Waals surface area contributed by atoms with Gasteiger partial charge in [0, 0.05) is 24.9 Å². The minimum Gasteiger partial charge on any atom is -0.481 e. The summed E-state index contributed by atoms with van der Waals surface area (Å²) in [6.45, 7) is 2.94. The lowest BCUT2D eigenvalue weighted by molar-refractivity contribution is -0.142. The molecule has 1 amide bonds. The number of hydrogen-bond donors (Lipinski definition) is 1. The van der Waals surface area contributed by atoms with Crippen molar-refractivity contribution >= 4 is 11.9 Å². The third kappa shape index (κ3) is 4.72. The van der Waals surface area contributed by atoms with Gasteiger partial charge in [-0.25, -0.2) is 0 Å². The van der Waals surface area contributed by atoms with Gasteiger partial charge in [0.15, 0.2) is 0 Å². The van der Waals surface area contributed by atoms with E-state index in [1.807, 2.05) is 4.90 Å². The van der Waals surface area contributed by atoms with E-state index in [2.05, 4.69) is 6.92 Å². The molecule has 0 aromatic heterocycles. The van der Waals surface area contributed by atoms with Gasteiger partial charge in [-0.15, -0.1) is 0 Å². The number of carboxylic acid groups (broad SMARTS) is 1. The van der Waals surface area contributed by atoms with Gasteiger partial charge in [-0.1, -0.05) is 32.6 Å². The van der Waals surface area contributed by atoms with Gasteiger partial charge in [-0.3, -0.25) is 9.59 Å². The van der Waals surface area contributed by atoms with Gasteiger partial charge in [-0.05, 0) is 44.4 Å². The maximum Gasteiger partial charge on any atom is 0.303 e. The Morgan fingerprint density at radius 2 is 1.82 bits per heavy atom. The van der Waals surface area contributed by atoms with Crippen molar-refractivity contribution in [3.63, 3.8) is 0 Å². The van der Waals surface area contributed by atoms with E-state index in [1.54, 1.807) is 0 Å². The van der Waals surface area contributed by atoms with Crippen molar-refractivity contribution in [1.29, 1.82) is 0 Å². The summed E-state index contributed by atoms with van der Waals surface area (Å²) in [4.78, 5) is 25.8. The Balaban J connectivity index is 1.94. The molecule has 2 aliphatic rings. The fraction of sp³-hybridized carbons (Fsp3) is 0.889. The number of piperidine rings is 1. The molecule has 4 heteroatoms. The average Bonchev–Trinajstić information content (AvgIpc) is 3.03. The predicted molar refractivity (Wildman–Crippen MR) is 86.6 cm³/mol. The van der Waals surface area contributed by atoms with Gasteiger partial charge in [0.1, 0.15) is 0 Å². The molecule has 0 aromatic carbocycles. The van der Waals surface area contributed by atoms with Crippen LogP contribution in [0.4, 0.5) is 0 Å². The molecule has 126 valence electrons. The number of nitrogens with zero attached hydrogens (tertiary/aromatic N) is 1. The van der Waals surface area contributed by atoms with Crippen LogP contribution in [0.2, 0.25) is 0 Å². The number of likely N-dealkylation sites (tertiary alicyclic amines) is 1. The first-order chi connectivity index (χ1) is 10.6. The maximum absolute atomic E-state index is 13.0. The number of carbonyl (C=O) groups excluding carboxylic acids is 1. The van der Waals surface area contributed by atoms with Crippen LogP contribution in [0.25, 0.3) is 0 Å². The second-order valence-electron chi connectivity index (χ2n) is 7.11. The molecule has 2 atom stereocenters. The Morgan fingerprint density at radius 1 is 1.14 bits per heavy atom. The largest absolute Gasteiger partial charge is 0.481 e. The molecule has 22 heavy (non-hydrogen) atoms. The number of carbonyl (C=O) groups is 2. The van der Waals surface area contributed by atoms with Gasteiger partial charge >= 0.3 is 5.97 Å². The standard InChI is InChI=1S/C18H31NO3/c1-2-15(13-14-7-3-4-8-14)18(22)19-12-6-5-9-16(19)10-11-17(20)21/h14-16H,2-13H2,1H3,(H,20,21). The molecule has 1 aliphatic heterocycles. The molecular weight excluding hydrogens is 278 g/mol. The second-order valence-corrected chi connectivity index (χ2v) is 7.11. The Hall–Kier alpha value is -1.06. The first-order valence-corrected chi connectivity index (χ1v) is 9.14. The lowest BCUT2D eigenvalue weighted by Gasteiger charge is -2.38. The fourth-order valence-corrected chi connectivity index (χ4v) is 4.21. The first-order valence-electron chi connectivity index (χ1n) is 9.14. The molecule has 2 unspecified atom stereocenters. The minimum absolute atomic E-state index is 0.147. The van der Waals surface area contributed by atoms with Gasteiger partial charge in [0.2, 0.25) is 5.91 Å². The Bertz CT molecular complexity index is 377. The zero-order valence-electron chi connectivity index (χ0n) is 13.9. The summed E-state index contributed by atoms with van der Waals surface area (Å²) in [5.41, 5.74) is 0. The van der Waals surface area contributed by atoms with Crippen molar-refractivity contribution in [3.05, 3.63) is 0 Å². The topological polar surface area (TPSA) is 57.6 Å². The second kappa shape index (κ2) is 8.54. The Kier molecular flexibility index (Phi) is 6.71. The van der Waals surface area contributed by atoms with Crippen LogP contribution in [0.15, 0.2) is 0 Å². The quantitative estimate of drug-likeness (QED) is 0.777. The average molecular weight is 309 g/mol. The highest BCUT2D eigenvalue weighted by Crippen LogP contribution is 2.33. The van der Waals surface area contributed by atoms with Crippen LogP contribution in [0.1, 0.15) is 77.6 Å². The number of amides is 1. The normalized spacial score (nSPS) is 24.4. The van der Waals surface area contributed by atoms with E-state index in [1.165, 1.54) is 25.7 Å². The summed E-state index contributed by atoms with van der Waals surface area (Å²) in [7, 11) is 0. The van der Waals surface area contributed by atoms with Crippen LogP contribution in [-0.2, 0) is 9.59 Å². The van der Waals surface area contributed by atoms with Gasteiger partial charge in [-0.2, -0.15) is 0 Å². The Labute approximate surface area is 134 Å². The fourth-order valence-electron chi connectivity index (χ4n) is 4.21. The van der Waals surface area contributed by atoms with Crippen molar-refractivity contribution in [2.45, 2.75) is 83.6 Å². The highest BCUT2D eigenvalue weighted by Gasteiger charge is 2.32. The van der Waals surface area contributed by atoms with Crippen molar-refractivity contribution in [1.82, 2.24) is 4.90 Å². The summed E-state index contributed by atoms with van der Waals surface area (Å²) >= 11 is 0. The van der Waals surface area contributed by atoms with Crippen molar-refractivity contribution in [3.8, 4) is 0 Å². The van der Waals surface area contributed by atoms with Crippen LogP contribution in [0.5, 0.6) is 0 Å². The van der Waals surface area contributed by atoms with Crippen LogP contribution in [-0.4, -0.2) is 34.5 Å². The van der Waals surface area contributed by atoms with E-state index in [4.69, 9.17) is 5.11 Å². The predicted octanol–water partition coefficient (Wildman–Crippen LogP) is 3.84. The van der Waals surface area contributed by atoms with E-state index in [0.717, 1.165) is 44.6 Å². The maximum atomic E-state index is 13.0. The van der Waals surface area contributed by atoms with E-state index in [-0.39, 0.29) is 18.4 Å². The summed E-state index contributed by atoms with van der Waals surface area (Å²) in [6, 6.07) is 0.148. The molecule has 1 saturated carbocycles. The molecular formula is C18H31NO3. The molecule has 0 radical (unpaired) electrons. The van der Waals surface area contributed by atoms with E-state index in [0.29, 0.717) is 12.3 Å². The van der Waals surface area contributed by atoms with Gasteiger partial charge < -0.3 is 10.0 Å². The highest BCUT2D eigenvalue weighted by molar-refractivity contribution is 5.79. The number of hydrogen-bond acceptors (Lipinski definition) is 2. The van der Waals surface area contributed by atoms with E-state index in [9.17, 15) is 9.59 Å². The highest BCUT2D eigenvalue weighted by atomic mass is 16.4. The SMILES string of the molecule is CCC(CC1CCCC1)C(=O)N1CCCCC1CCC(=O)O. The molecule has 2 rings (SSSR count). The molecule has 0 spiro atoms. The van der Waals surface area contributed by atoms with E-state index < -0.39 is 5.97 Å². The molecule has 1 heterocycles. The Morgan fingerprint density at radius 3 is 2.45 bits per heavy atom. The summed E-state index contributed by atoms with van der Waals surface area (Å²) in [5, 5.41) is 8.91. The summed E-state index contributed by atoms with van der Waals surface area (Å²) < 4.78 is 0. The van der Waals surface area contributed by atoms with Gasteiger partial charge in [0.25, 0.3) is 0 Å². The van der Waals surface area contributed by atoms with Crippen molar-refractivity contribution in [2.24, 2.45) is 11.8 Å². The zero-order chi connectivity index (χ0) is 15.9. The smallest absolute Gasteiger partial charge is 0.303 e. The molecule has 4 nitrogen and oxygen atoms in total. The van der Waals surface area contributed by atoms with Crippen molar-refractivity contribution in [2.75, 3.05) is 6.54 Å². The summed E-state index contributed by atoms with van der Waals surface area (Å²) in [6.07, 6.45) is 11.1. The monoisotopic (exact) mass is 309 g/mol. The third-order valence-electron chi connectivity index (χ3n) is 5.54. The van der Waals surface area contributed by atoms with Crippen LogP contribution >= 0.6 is 0 Å². The van der Waals surface area contributed by atoms with Crippen LogP contribution in [0.3, 0.4) is 0 Å². The summed E-state index contributed by atoms with van der Waals surface area (Å²) in [5.74, 6) is 0.421. The third-order valence-corrected chi connectivity index (χ3v) is 5.54. The molecule has 0 bridgehead atoms. The molecule has 2 fully saturated rings. The minimum atomic E-state index is -0.754. The molecule has 0 aromatic rings. The van der Waals surface area contributed by atoms with Crippen LogP contribution in [0, 0.1) is 11.8 Å². The number of rotatable bonds is 7.